The summed E-state index contributed by atoms with van der Waals surface area (Å²) in [7, 11) is 0. The van der Waals surface area contributed by atoms with E-state index in [0.29, 0.717) is 18.1 Å². The summed E-state index contributed by atoms with van der Waals surface area (Å²) >= 11 is 0. The predicted molar refractivity (Wildman–Crippen MR) is 74.7 cm³/mol. The Morgan fingerprint density at radius 3 is 2.52 bits per heavy atom. The first kappa shape index (κ1) is 13.5. The molecule has 0 saturated carbocycles. The van der Waals surface area contributed by atoms with Crippen molar-refractivity contribution in [2.45, 2.75) is 26.9 Å². The number of aromatic nitrogens is 3. The van der Waals surface area contributed by atoms with Gasteiger partial charge >= 0.3 is 11.7 Å². The molecule has 2 aromatic rings. The maximum atomic E-state index is 13.0. The molecular formula is C14H15FN4O2. The van der Waals surface area contributed by atoms with Crippen LogP contribution in [0.2, 0.25) is 0 Å². The Morgan fingerprint density at radius 1 is 1.24 bits per heavy atom. The maximum Gasteiger partial charge on any atom is 0.364 e. The van der Waals surface area contributed by atoms with Crippen molar-refractivity contribution in [2.24, 2.45) is 5.92 Å². The van der Waals surface area contributed by atoms with Gasteiger partial charge in [0.15, 0.2) is 5.82 Å². The van der Waals surface area contributed by atoms with Gasteiger partial charge in [-0.3, -0.25) is 4.90 Å². The van der Waals surface area contributed by atoms with Crippen molar-refractivity contribution < 1.29 is 9.18 Å². The first-order valence-electron chi connectivity index (χ1n) is 6.73. The van der Waals surface area contributed by atoms with Gasteiger partial charge in [0.1, 0.15) is 5.82 Å². The third-order valence-corrected chi connectivity index (χ3v) is 3.32. The highest BCUT2D eigenvalue weighted by Crippen LogP contribution is 2.23. The van der Waals surface area contributed by atoms with Crippen LogP contribution in [-0.2, 0) is 13.1 Å². The van der Waals surface area contributed by atoms with Gasteiger partial charge in [0.05, 0.1) is 6.54 Å². The summed E-state index contributed by atoms with van der Waals surface area (Å²) in [5.74, 6) is 0.269. The molecule has 110 valence electrons. The molecule has 0 N–H and O–H groups in total. The molecule has 0 unspecified atom stereocenters. The highest BCUT2D eigenvalue weighted by atomic mass is 19.1. The average molecular weight is 290 g/mol. The lowest BCUT2D eigenvalue weighted by Gasteiger charge is -2.16. The van der Waals surface area contributed by atoms with E-state index in [2.05, 4.69) is 4.98 Å². The second-order valence-electron chi connectivity index (χ2n) is 5.44. The molecule has 0 atom stereocenters. The Bertz CT molecular complexity index is 745. The fraction of sp³-hybridized carbons (Fsp3) is 0.357. The molecule has 1 aromatic carbocycles. The standard InChI is InChI=1S/C14H15FN4O2/c1-9(2)7-18-13(20)16-12-8-17(14(21)19(12)18)11-5-3-10(15)4-6-11/h3-6,9H,7-8H2,1-2H3. The summed E-state index contributed by atoms with van der Waals surface area (Å²) in [4.78, 5) is 29.7. The molecule has 3 rings (SSSR count). The summed E-state index contributed by atoms with van der Waals surface area (Å²) in [6.07, 6.45) is 0. The summed E-state index contributed by atoms with van der Waals surface area (Å²) in [6, 6.07) is 5.32. The van der Waals surface area contributed by atoms with Crippen LogP contribution in [0, 0.1) is 11.7 Å². The normalized spacial score (nSPS) is 14.1. The SMILES string of the molecule is CC(C)Cn1c(=O)nc2n1C(=O)N(c1ccc(F)cc1)C2. The van der Waals surface area contributed by atoms with E-state index in [1.807, 2.05) is 13.8 Å². The minimum atomic E-state index is -0.411. The van der Waals surface area contributed by atoms with Crippen LogP contribution in [0.15, 0.2) is 29.1 Å². The number of carbonyl (C=O) groups excluding carboxylic acids is 1. The third-order valence-electron chi connectivity index (χ3n) is 3.32. The molecule has 0 aliphatic carbocycles. The Labute approximate surface area is 120 Å². The number of benzene rings is 1. The van der Waals surface area contributed by atoms with E-state index in [1.165, 1.54) is 38.5 Å². The average Bonchev–Trinajstić information content (AvgIpc) is 2.89. The van der Waals surface area contributed by atoms with Crippen molar-refractivity contribution in [3.8, 4) is 0 Å². The molecule has 6 nitrogen and oxygen atoms in total. The lowest BCUT2D eigenvalue weighted by atomic mass is 10.2. The van der Waals surface area contributed by atoms with Gasteiger partial charge in [-0.05, 0) is 30.2 Å². The van der Waals surface area contributed by atoms with Gasteiger partial charge in [0.2, 0.25) is 0 Å². The Morgan fingerprint density at radius 2 is 1.90 bits per heavy atom. The summed E-state index contributed by atoms with van der Waals surface area (Å²) in [5, 5.41) is 0. The lowest BCUT2D eigenvalue weighted by Crippen LogP contribution is -2.34. The van der Waals surface area contributed by atoms with Crippen molar-refractivity contribution >= 4 is 11.7 Å². The molecule has 0 fully saturated rings. The highest BCUT2D eigenvalue weighted by molar-refractivity contribution is 5.95. The zero-order valence-corrected chi connectivity index (χ0v) is 11.8. The molecule has 7 heteroatoms. The van der Waals surface area contributed by atoms with Gasteiger partial charge < -0.3 is 0 Å². The van der Waals surface area contributed by atoms with E-state index >= 15 is 0 Å². The van der Waals surface area contributed by atoms with Crippen molar-refractivity contribution in [1.29, 1.82) is 0 Å². The molecule has 0 bridgehead atoms. The van der Waals surface area contributed by atoms with Gasteiger partial charge in [-0.15, -0.1) is 0 Å². The summed E-state index contributed by atoms with van der Waals surface area (Å²) in [6.45, 7) is 4.56. The number of fused-ring (bicyclic) bond motifs is 1. The summed E-state index contributed by atoms with van der Waals surface area (Å²) in [5.41, 5.74) is 0.168. The molecule has 1 aromatic heterocycles. The Balaban J connectivity index is 1.98. The predicted octanol–water partition coefficient (Wildman–Crippen LogP) is 1.83. The highest BCUT2D eigenvalue weighted by Gasteiger charge is 2.33. The fourth-order valence-corrected chi connectivity index (χ4v) is 2.41. The van der Waals surface area contributed by atoms with E-state index in [-0.39, 0.29) is 24.3 Å². The molecular weight excluding hydrogens is 275 g/mol. The minimum absolute atomic E-state index is 0.213. The first-order valence-corrected chi connectivity index (χ1v) is 6.73. The lowest BCUT2D eigenvalue weighted by molar-refractivity contribution is 0.242. The van der Waals surface area contributed by atoms with Gasteiger partial charge in [-0.25, -0.2) is 18.7 Å². The number of hydrogen-bond donors (Lipinski definition) is 0. The van der Waals surface area contributed by atoms with Crippen molar-refractivity contribution in [2.75, 3.05) is 4.90 Å². The van der Waals surface area contributed by atoms with Crippen LogP contribution in [-0.4, -0.2) is 20.4 Å². The number of halogens is 1. The minimum Gasteiger partial charge on any atom is -0.285 e. The number of carbonyl (C=O) groups is 1. The smallest absolute Gasteiger partial charge is 0.285 e. The van der Waals surface area contributed by atoms with Gasteiger partial charge in [0.25, 0.3) is 0 Å². The van der Waals surface area contributed by atoms with E-state index in [9.17, 15) is 14.0 Å². The van der Waals surface area contributed by atoms with Crippen molar-refractivity contribution in [3.05, 3.63) is 46.4 Å². The van der Waals surface area contributed by atoms with E-state index in [1.54, 1.807) is 0 Å². The zero-order chi connectivity index (χ0) is 15.1. The van der Waals surface area contributed by atoms with Crippen LogP contribution in [0.3, 0.4) is 0 Å². The zero-order valence-electron chi connectivity index (χ0n) is 11.8. The molecule has 21 heavy (non-hydrogen) atoms. The monoisotopic (exact) mass is 290 g/mol. The van der Waals surface area contributed by atoms with Gasteiger partial charge in [0, 0.05) is 12.2 Å². The van der Waals surface area contributed by atoms with E-state index in [0.717, 1.165) is 0 Å². The topological polar surface area (TPSA) is 60.1 Å². The largest absolute Gasteiger partial charge is 0.364 e. The number of hydrogen-bond acceptors (Lipinski definition) is 3. The molecule has 0 spiro atoms. The van der Waals surface area contributed by atoms with Crippen molar-refractivity contribution in [1.82, 2.24) is 14.3 Å². The first-order chi connectivity index (χ1) is 9.97. The van der Waals surface area contributed by atoms with E-state index in [4.69, 9.17) is 0 Å². The van der Waals surface area contributed by atoms with Crippen LogP contribution >= 0.6 is 0 Å². The third kappa shape index (κ3) is 2.24. The number of rotatable bonds is 3. The number of nitrogens with zero attached hydrogens (tertiary/aromatic N) is 4. The molecule has 0 saturated heterocycles. The molecule has 1 aliphatic heterocycles. The number of amides is 1. The molecule has 0 radical (unpaired) electrons. The second kappa shape index (κ2) is 4.83. The van der Waals surface area contributed by atoms with Crippen molar-refractivity contribution in [3.63, 3.8) is 0 Å². The fourth-order valence-electron chi connectivity index (χ4n) is 2.41. The maximum absolute atomic E-state index is 13.0. The Kier molecular flexibility index (Phi) is 3.12. The number of anilines is 1. The van der Waals surface area contributed by atoms with Crippen LogP contribution in [0.25, 0.3) is 0 Å². The van der Waals surface area contributed by atoms with Crippen LogP contribution in [0.1, 0.15) is 19.7 Å². The second-order valence-corrected chi connectivity index (χ2v) is 5.44. The summed E-state index contributed by atoms with van der Waals surface area (Å²) < 4.78 is 15.6. The van der Waals surface area contributed by atoms with Gasteiger partial charge in [-0.1, -0.05) is 13.8 Å². The van der Waals surface area contributed by atoms with Gasteiger partial charge in [-0.2, -0.15) is 9.67 Å². The Hall–Kier alpha value is -2.44. The van der Waals surface area contributed by atoms with Crippen LogP contribution < -0.4 is 10.6 Å². The molecule has 2 heterocycles. The quantitative estimate of drug-likeness (QED) is 0.866. The molecule has 1 amide bonds. The van der Waals surface area contributed by atoms with E-state index < -0.39 is 5.69 Å². The molecule has 1 aliphatic rings. The van der Waals surface area contributed by atoms with Crippen LogP contribution in [0.4, 0.5) is 14.9 Å². The van der Waals surface area contributed by atoms with Crippen LogP contribution in [0.5, 0.6) is 0 Å².